The van der Waals surface area contributed by atoms with Crippen LogP contribution in [0, 0.1) is 0 Å². The van der Waals surface area contributed by atoms with Crippen LogP contribution in [0.1, 0.15) is 19.4 Å². The highest BCUT2D eigenvalue weighted by molar-refractivity contribution is 6.00. The molecule has 0 aromatic heterocycles. The number of morpholine rings is 1. The maximum Gasteiger partial charge on any atom is 0.267 e. The number of fused-ring (bicyclic) bond motifs is 1. The third kappa shape index (κ3) is 5.83. The van der Waals surface area contributed by atoms with Crippen LogP contribution in [0.3, 0.4) is 0 Å². The molecule has 4 rings (SSSR count). The number of hydrogen-bond donors (Lipinski definition) is 1. The maximum absolute atomic E-state index is 12.8. The molecule has 1 N–H and O–H groups in total. The van der Waals surface area contributed by atoms with E-state index in [2.05, 4.69) is 17.1 Å². The predicted molar refractivity (Wildman–Crippen MR) is 126 cm³/mol. The fourth-order valence-corrected chi connectivity index (χ4v) is 3.99. The molecule has 1 unspecified atom stereocenters. The normalized spacial score (nSPS) is 18.4. The Morgan fingerprint density at radius 3 is 2.76 bits per heavy atom. The molecule has 1 atom stereocenters. The molecule has 2 amide bonds. The number of benzene rings is 2. The lowest BCUT2D eigenvalue weighted by Gasteiger charge is -2.35. The molecule has 8 nitrogen and oxygen atoms in total. The second-order valence-corrected chi connectivity index (χ2v) is 8.22. The van der Waals surface area contributed by atoms with Crippen molar-refractivity contribution in [3.05, 3.63) is 48.0 Å². The molecular weight excluding hydrogens is 422 g/mol. The lowest BCUT2D eigenvalue weighted by atomic mass is 10.1. The molecule has 0 saturated carbocycles. The summed E-state index contributed by atoms with van der Waals surface area (Å²) in [7, 11) is 0. The second kappa shape index (κ2) is 10.7. The molecule has 1 fully saturated rings. The summed E-state index contributed by atoms with van der Waals surface area (Å²) in [5, 5.41) is 2.85. The third-order valence-corrected chi connectivity index (χ3v) is 5.87. The molecule has 0 radical (unpaired) electrons. The van der Waals surface area contributed by atoms with Crippen molar-refractivity contribution < 1.29 is 23.8 Å². The van der Waals surface area contributed by atoms with Crippen molar-refractivity contribution in [3.63, 3.8) is 0 Å². The molecular formula is C25H31N3O5. The minimum atomic E-state index is -0.581. The fraction of sp³-hybridized carbons (Fsp3) is 0.440. The number of anilines is 2. The summed E-state index contributed by atoms with van der Waals surface area (Å²) >= 11 is 0. The number of nitrogens with one attached hydrogen (secondary N) is 1. The number of aryl methyl sites for hydroxylation is 1. The predicted octanol–water partition coefficient (Wildman–Crippen LogP) is 2.71. The van der Waals surface area contributed by atoms with E-state index < -0.39 is 6.10 Å². The van der Waals surface area contributed by atoms with Gasteiger partial charge < -0.3 is 24.4 Å². The topological polar surface area (TPSA) is 80.3 Å². The van der Waals surface area contributed by atoms with Crippen LogP contribution in [0.2, 0.25) is 0 Å². The van der Waals surface area contributed by atoms with Gasteiger partial charge in [0.2, 0.25) is 0 Å². The first kappa shape index (κ1) is 23.1. The van der Waals surface area contributed by atoms with Crippen LogP contribution in [-0.2, 0) is 20.7 Å². The fourth-order valence-electron chi connectivity index (χ4n) is 3.99. The van der Waals surface area contributed by atoms with Gasteiger partial charge in [0.25, 0.3) is 11.8 Å². The minimum absolute atomic E-state index is 0.0599. The zero-order valence-corrected chi connectivity index (χ0v) is 19.2. The molecule has 2 aromatic carbocycles. The van der Waals surface area contributed by atoms with Crippen molar-refractivity contribution in [1.29, 1.82) is 0 Å². The molecule has 0 bridgehead atoms. The van der Waals surface area contributed by atoms with E-state index in [1.807, 2.05) is 30.3 Å². The molecule has 2 aliphatic rings. The van der Waals surface area contributed by atoms with Crippen LogP contribution >= 0.6 is 0 Å². The van der Waals surface area contributed by atoms with Gasteiger partial charge in [0, 0.05) is 37.9 Å². The molecule has 2 aliphatic heterocycles. The molecule has 0 aliphatic carbocycles. The zero-order valence-electron chi connectivity index (χ0n) is 19.2. The Hall–Kier alpha value is -3.10. The standard InChI is InChI=1S/C25H31N3O5/c1-3-19-5-4-6-21(15-19)32-17-24(29)26-20-7-8-22-23(16-20)33-18(2)25(30)28(22)10-9-27-11-13-31-14-12-27/h4-8,15-16,18H,3,9-14,17H2,1-2H3,(H,26,29). The summed E-state index contributed by atoms with van der Waals surface area (Å²) in [5.41, 5.74) is 2.47. The van der Waals surface area contributed by atoms with Gasteiger partial charge in [-0.2, -0.15) is 0 Å². The average Bonchev–Trinajstić information content (AvgIpc) is 2.84. The van der Waals surface area contributed by atoms with Crippen molar-refractivity contribution >= 4 is 23.2 Å². The summed E-state index contributed by atoms with van der Waals surface area (Å²) in [5.74, 6) is 0.927. The van der Waals surface area contributed by atoms with Crippen LogP contribution in [0.4, 0.5) is 11.4 Å². The zero-order chi connectivity index (χ0) is 23.2. The molecule has 2 aromatic rings. The average molecular weight is 454 g/mol. The number of rotatable bonds is 8. The lowest BCUT2D eigenvalue weighted by molar-refractivity contribution is -0.125. The highest BCUT2D eigenvalue weighted by Crippen LogP contribution is 2.36. The Balaban J connectivity index is 1.38. The van der Waals surface area contributed by atoms with Crippen LogP contribution < -0.4 is 19.7 Å². The first-order valence-electron chi connectivity index (χ1n) is 11.5. The molecule has 33 heavy (non-hydrogen) atoms. The smallest absolute Gasteiger partial charge is 0.267 e. The summed E-state index contributed by atoms with van der Waals surface area (Å²) in [6.07, 6.45) is 0.324. The Morgan fingerprint density at radius 2 is 1.97 bits per heavy atom. The van der Waals surface area contributed by atoms with Gasteiger partial charge in [-0.05, 0) is 43.2 Å². The van der Waals surface area contributed by atoms with Crippen LogP contribution in [0.5, 0.6) is 11.5 Å². The number of nitrogens with zero attached hydrogens (tertiary/aromatic N) is 2. The van der Waals surface area contributed by atoms with Crippen molar-refractivity contribution in [2.75, 3.05) is 56.2 Å². The quantitative estimate of drug-likeness (QED) is 0.662. The molecule has 0 spiro atoms. The van der Waals surface area contributed by atoms with Gasteiger partial charge in [-0.3, -0.25) is 14.5 Å². The largest absolute Gasteiger partial charge is 0.484 e. The van der Waals surface area contributed by atoms with E-state index in [0.717, 1.165) is 50.5 Å². The Kier molecular flexibility index (Phi) is 7.47. The highest BCUT2D eigenvalue weighted by atomic mass is 16.5. The van der Waals surface area contributed by atoms with Gasteiger partial charge in [0.1, 0.15) is 11.5 Å². The molecule has 2 heterocycles. The van der Waals surface area contributed by atoms with Gasteiger partial charge in [-0.25, -0.2) is 0 Å². The van der Waals surface area contributed by atoms with E-state index in [-0.39, 0.29) is 18.4 Å². The number of ether oxygens (including phenoxy) is 3. The van der Waals surface area contributed by atoms with E-state index in [9.17, 15) is 9.59 Å². The first-order valence-corrected chi connectivity index (χ1v) is 11.5. The Morgan fingerprint density at radius 1 is 1.15 bits per heavy atom. The van der Waals surface area contributed by atoms with Crippen molar-refractivity contribution in [2.45, 2.75) is 26.4 Å². The first-order chi connectivity index (χ1) is 16.0. The lowest BCUT2D eigenvalue weighted by Crippen LogP contribution is -2.48. The van der Waals surface area contributed by atoms with Crippen LogP contribution in [0.25, 0.3) is 0 Å². The van der Waals surface area contributed by atoms with E-state index in [1.165, 1.54) is 0 Å². The van der Waals surface area contributed by atoms with E-state index in [1.54, 1.807) is 24.0 Å². The Labute approximate surface area is 194 Å². The van der Waals surface area contributed by atoms with Crippen LogP contribution in [0.15, 0.2) is 42.5 Å². The Bertz CT molecular complexity index is 990. The van der Waals surface area contributed by atoms with Crippen molar-refractivity contribution in [3.8, 4) is 11.5 Å². The molecule has 8 heteroatoms. The summed E-state index contributed by atoms with van der Waals surface area (Å²) in [6.45, 7) is 8.27. The maximum atomic E-state index is 12.8. The van der Waals surface area contributed by atoms with E-state index in [4.69, 9.17) is 14.2 Å². The number of carbonyl (C=O) groups is 2. The summed E-state index contributed by atoms with van der Waals surface area (Å²) in [4.78, 5) is 29.2. The van der Waals surface area contributed by atoms with Gasteiger partial charge in [-0.1, -0.05) is 19.1 Å². The minimum Gasteiger partial charge on any atom is -0.484 e. The van der Waals surface area contributed by atoms with Gasteiger partial charge >= 0.3 is 0 Å². The van der Waals surface area contributed by atoms with Gasteiger partial charge in [-0.15, -0.1) is 0 Å². The van der Waals surface area contributed by atoms with Crippen molar-refractivity contribution in [1.82, 2.24) is 4.90 Å². The van der Waals surface area contributed by atoms with Crippen molar-refractivity contribution in [2.24, 2.45) is 0 Å². The molecule has 1 saturated heterocycles. The summed E-state index contributed by atoms with van der Waals surface area (Å²) in [6, 6.07) is 13.1. The van der Waals surface area contributed by atoms with Crippen LogP contribution in [-0.4, -0.2) is 68.8 Å². The third-order valence-electron chi connectivity index (χ3n) is 5.87. The van der Waals surface area contributed by atoms with E-state index >= 15 is 0 Å². The number of hydrogen-bond acceptors (Lipinski definition) is 6. The number of carbonyl (C=O) groups excluding carboxylic acids is 2. The molecule has 176 valence electrons. The monoisotopic (exact) mass is 453 g/mol. The highest BCUT2D eigenvalue weighted by Gasteiger charge is 2.32. The number of amides is 2. The second-order valence-electron chi connectivity index (χ2n) is 8.22. The summed E-state index contributed by atoms with van der Waals surface area (Å²) < 4.78 is 16.9. The van der Waals surface area contributed by atoms with Gasteiger partial charge in [0.05, 0.1) is 18.9 Å². The van der Waals surface area contributed by atoms with Gasteiger partial charge in [0.15, 0.2) is 12.7 Å². The van der Waals surface area contributed by atoms with E-state index in [0.29, 0.717) is 23.7 Å². The SMILES string of the molecule is CCc1cccc(OCC(=O)Nc2ccc3c(c2)OC(C)C(=O)N3CCN2CCOCC2)c1.